The van der Waals surface area contributed by atoms with Gasteiger partial charge in [0.15, 0.2) is 0 Å². The molecule has 18 heavy (non-hydrogen) atoms. The van der Waals surface area contributed by atoms with Crippen molar-refractivity contribution in [2.24, 2.45) is 12.8 Å². The van der Waals surface area contributed by atoms with E-state index in [1.54, 1.807) is 10.9 Å². The average Bonchev–Trinajstić information content (AvgIpc) is 2.90. The summed E-state index contributed by atoms with van der Waals surface area (Å²) < 4.78 is 8.24. The number of nitrogens with zero attached hydrogens (tertiary/aromatic N) is 3. The molecule has 0 aromatic carbocycles. The van der Waals surface area contributed by atoms with Gasteiger partial charge in [0, 0.05) is 31.9 Å². The topological polar surface area (TPSA) is 60.2 Å². The fourth-order valence-corrected chi connectivity index (χ4v) is 2.45. The number of aromatic nitrogens is 2. The van der Waals surface area contributed by atoms with Crippen molar-refractivity contribution in [3.05, 3.63) is 40.5 Å². The normalized spacial score (nSPS) is 13.2. The van der Waals surface area contributed by atoms with E-state index in [9.17, 15) is 0 Å². The zero-order valence-corrected chi connectivity index (χ0v) is 12.1. The molecule has 0 saturated carbocycles. The predicted molar refractivity (Wildman–Crippen MR) is 72.9 cm³/mol. The molecule has 1 unspecified atom stereocenters. The lowest BCUT2D eigenvalue weighted by Gasteiger charge is -2.25. The standard InChI is InChI=1S/C12H17BrN4O/c1-16(7-9-6-15-17(2)8-9)11(5-14)12-10(13)3-4-18-12/h3-4,6,8,11H,5,7,14H2,1-2H3. The Labute approximate surface area is 115 Å². The van der Waals surface area contributed by atoms with Crippen LogP contribution in [0.15, 0.2) is 33.6 Å². The van der Waals surface area contributed by atoms with E-state index < -0.39 is 0 Å². The van der Waals surface area contributed by atoms with Gasteiger partial charge < -0.3 is 10.2 Å². The second-order valence-corrected chi connectivity index (χ2v) is 5.18. The first-order chi connectivity index (χ1) is 8.61. The molecule has 2 N–H and O–H groups in total. The van der Waals surface area contributed by atoms with E-state index in [0.717, 1.165) is 22.3 Å². The Morgan fingerprint density at radius 2 is 2.39 bits per heavy atom. The maximum absolute atomic E-state index is 5.85. The minimum Gasteiger partial charge on any atom is -0.466 e. The molecule has 6 heteroatoms. The van der Waals surface area contributed by atoms with Crippen LogP contribution in [0.3, 0.4) is 0 Å². The molecule has 2 rings (SSSR count). The molecule has 0 aliphatic heterocycles. The Morgan fingerprint density at radius 3 is 2.89 bits per heavy atom. The van der Waals surface area contributed by atoms with Crippen molar-refractivity contribution in [1.29, 1.82) is 0 Å². The van der Waals surface area contributed by atoms with Gasteiger partial charge in [0.2, 0.25) is 0 Å². The van der Waals surface area contributed by atoms with Crippen molar-refractivity contribution >= 4 is 15.9 Å². The van der Waals surface area contributed by atoms with Crippen LogP contribution in [0.1, 0.15) is 17.4 Å². The molecule has 0 saturated heterocycles. The lowest BCUT2D eigenvalue weighted by molar-refractivity contribution is 0.212. The quantitative estimate of drug-likeness (QED) is 0.916. The van der Waals surface area contributed by atoms with E-state index >= 15 is 0 Å². The van der Waals surface area contributed by atoms with Gasteiger partial charge in [-0.2, -0.15) is 5.10 Å². The lowest BCUT2D eigenvalue weighted by Crippen LogP contribution is -2.30. The molecule has 2 aromatic rings. The summed E-state index contributed by atoms with van der Waals surface area (Å²) in [6, 6.07) is 1.94. The second kappa shape index (κ2) is 5.69. The fraction of sp³-hybridized carbons (Fsp3) is 0.417. The highest BCUT2D eigenvalue weighted by molar-refractivity contribution is 9.10. The Balaban J connectivity index is 2.11. The van der Waals surface area contributed by atoms with Gasteiger partial charge in [-0.3, -0.25) is 9.58 Å². The van der Waals surface area contributed by atoms with Gasteiger partial charge in [-0.25, -0.2) is 0 Å². The summed E-state index contributed by atoms with van der Waals surface area (Å²) in [6.07, 6.45) is 5.53. The van der Waals surface area contributed by atoms with Gasteiger partial charge in [0.25, 0.3) is 0 Å². The van der Waals surface area contributed by atoms with E-state index in [1.807, 2.05) is 32.6 Å². The molecule has 0 fully saturated rings. The SMILES string of the molecule is CN(Cc1cnn(C)c1)C(CN)c1occc1Br. The van der Waals surface area contributed by atoms with Crippen LogP contribution in [-0.2, 0) is 13.6 Å². The zero-order chi connectivity index (χ0) is 13.1. The Kier molecular flexibility index (Phi) is 4.21. The number of hydrogen-bond acceptors (Lipinski definition) is 4. The van der Waals surface area contributed by atoms with Crippen molar-refractivity contribution in [2.45, 2.75) is 12.6 Å². The molecule has 0 aliphatic carbocycles. The van der Waals surface area contributed by atoms with Gasteiger partial charge in [-0.15, -0.1) is 0 Å². The van der Waals surface area contributed by atoms with Gasteiger partial charge in [0.1, 0.15) is 5.76 Å². The highest BCUT2D eigenvalue weighted by atomic mass is 79.9. The third-order valence-electron chi connectivity index (χ3n) is 2.89. The number of hydrogen-bond donors (Lipinski definition) is 1. The molecule has 2 heterocycles. The summed E-state index contributed by atoms with van der Waals surface area (Å²) in [6.45, 7) is 1.28. The highest BCUT2D eigenvalue weighted by Crippen LogP contribution is 2.28. The summed E-state index contributed by atoms with van der Waals surface area (Å²) in [5.41, 5.74) is 7.00. The number of rotatable bonds is 5. The van der Waals surface area contributed by atoms with Crippen molar-refractivity contribution in [2.75, 3.05) is 13.6 Å². The van der Waals surface area contributed by atoms with Gasteiger partial charge >= 0.3 is 0 Å². The van der Waals surface area contributed by atoms with E-state index in [0.29, 0.717) is 6.54 Å². The Hall–Kier alpha value is -1.11. The summed E-state index contributed by atoms with van der Waals surface area (Å²) in [4.78, 5) is 2.15. The maximum Gasteiger partial charge on any atom is 0.136 e. The number of nitrogens with two attached hydrogens (primary N) is 1. The number of halogens is 1. The smallest absolute Gasteiger partial charge is 0.136 e. The zero-order valence-electron chi connectivity index (χ0n) is 10.5. The van der Waals surface area contributed by atoms with Crippen LogP contribution in [0.25, 0.3) is 0 Å². The molecule has 0 spiro atoms. The van der Waals surface area contributed by atoms with E-state index in [1.165, 1.54) is 0 Å². The molecule has 0 aliphatic rings. The number of aryl methyl sites for hydroxylation is 1. The first-order valence-electron chi connectivity index (χ1n) is 5.72. The van der Waals surface area contributed by atoms with Crippen molar-refractivity contribution < 1.29 is 4.42 Å². The fourth-order valence-electron chi connectivity index (χ4n) is 1.98. The summed E-state index contributed by atoms with van der Waals surface area (Å²) in [7, 11) is 3.94. The van der Waals surface area contributed by atoms with Gasteiger partial charge in [-0.1, -0.05) is 0 Å². The average molecular weight is 313 g/mol. The summed E-state index contributed by atoms with van der Waals surface area (Å²) >= 11 is 3.47. The predicted octanol–water partition coefficient (Wildman–Crippen LogP) is 1.91. The van der Waals surface area contributed by atoms with Crippen LogP contribution in [0, 0.1) is 0 Å². The monoisotopic (exact) mass is 312 g/mol. The van der Waals surface area contributed by atoms with E-state index in [2.05, 4.69) is 25.9 Å². The van der Waals surface area contributed by atoms with Crippen LogP contribution in [0.4, 0.5) is 0 Å². The van der Waals surface area contributed by atoms with E-state index in [4.69, 9.17) is 10.2 Å². The van der Waals surface area contributed by atoms with Gasteiger partial charge in [-0.05, 0) is 29.0 Å². The summed E-state index contributed by atoms with van der Waals surface area (Å²) in [5, 5.41) is 4.16. The highest BCUT2D eigenvalue weighted by Gasteiger charge is 2.21. The van der Waals surface area contributed by atoms with Crippen LogP contribution in [0.2, 0.25) is 0 Å². The Morgan fingerprint density at radius 1 is 1.61 bits per heavy atom. The Bertz CT molecular complexity index is 508. The molecule has 0 radical (unpaired) electrons. The molecule has 0 bridgehead atoms. The molecule has 2 aromatic heterocycles. The largest absolute Gasteiger partial charge is 0.466 e. The first-order valence-corrected chi connectivity index (χ1v) is 6.52. The van der Waals surface area contributed by atoms with Crippen molar-refractivity contribution in [3.8, 4) is 0 Å². The first kappa shape index (κ1) is 13.3. The van der Waals surface area contributed by atoms with Gasteiger partial charge in [0.05, 0.1) is 23.0 Å². The van der Waals surface area contributed by atoms with E-state index in [-0.39, 0.29) is 6.04 Å². The molecular formula is C12H17BrN4O. The third-order valence-corrected chi connectivity index (χ3v) is 3.55. The second-order valence-electron chi connectivity index (χ2n) is 4.32. The van der Waals surface area contributed by atoms with Crippen LogP contribution in [-0.4, -0.2) is 28.3 Å². The maximum atomic E-state index is 5.85. The summed E-state index contributed by atoms with van der Waals surface area (Å²) in [5.74, 6) is 0.865. The molecule has 0 amide bonds. The third kappa shape index (κ3) is 2.82. The minimum absolute atomic E-state index is 0.0505. The van der Waals surface area contributed by atoms with Crippen molar-refractivity contribution in [3.63, 3.8) is 0 Å². The van der Waals surface area contributed by atoms with Crippen LogP contribution >= 0.6 is 15.9 Å². The molecule has 5 nitrogen and oxygen atoms in total. The molecule has 1 atom stereocenters. The van der Waals surface area contributed by atoms with Crippen LogP contribution < -0.4 is 5.73 Å². The lowest BCUT2D eigenvalue weighted by atomic mass is 10.2. The molecular weight excluding hydrogens is 296 g/mol. The number of likely N-dealkylation sites (N-methyl/N-ethyl adjacent to an activating group) is 1. The minimum atomic E-state index is 0.0505. The van der Waals surface area contributed by atoms with Crippen molar-refractivity contribution in [1.82, 2.24) is 14.7 Å². The van der Waals surface area contributed by atoms with Crippen LogP contribution in [0.5, 0.6) is 0 Å². The molecule has 98 valence electrons. The number of furan rings is 1.